The molecule has 0 radical (unpaired) electrons. The largest absolute Gasteiger partial charge is 0.465 e. The van der Waals surface area contributed by atoms with E-state index in [0.29, 0.717) is 6.04 Å². The van der Waals surface area contributed by atoms with Gasteiger partial charge in [0.25, 0.3) is 0 Å². The lowest BCUT2D eigenvalue weighted by Crippen LogP contribution is -2.18. The lowest BCUT2D eigenvalue weighted by molar-refractivity contribution is 0.435. The van der Waals surface area contributed by atoms with E-state index in [1.54, 1.807) is 0 Å². The van der Waals surface area contributed by atoms with Gasteiger partial charge in [-0.25, -0.2) is 0 Å². The van der Waals surface area contributed by atoms with Gasteiger partial charge >= 0.3 is 0 Å². The van der Waals surface area contributed by atoms with Crippen molar-refractivity contribution in [1.29, 1.82) is 0 Å². The lowest BCUT2D eigenvalue weighted by atomic mass is 10.00. The zero-order valence-corrected chi connectivity index (χ0v) is 12.3. The van der Waals surface area contributed by atoms with Crippen LogP contribution in [0.3, 0.4) is 0 Å². The number of rotatable bonds is 5. The van der Waals surface area contributed by atoms with Gasteiger partial charge in [-0.2, -0.15) is 0 Å². The SMILES string of the molecule is CCc1ccc(CNC(C)c2cc(C)ccc2C)o1. The van der Waals surface area contributed by atoms with Gasteiger partial charge in [-0.3, -0.25) is 0 Å². The summed E-state index contributed by atoms with van der Waals surface area (Å²) in [5, 5.41) is 3.53. The minimum absolute atomic E-state index is 0.329. The Morgan fingerprint density at radius 1 is 1.11 bits per heavy atom. The number of nitrogens with one attached hydrogen (secondary N) is 1. The molecule has 0 fully saturated rings. The van der Waals surface area contributed by atoms with Gasteiger partial charge in [-0.15, -0.1) is 0 Å². The van der Waals surface area contributed by atoms with Crippen molar-refractivity contribution in [3.63, 3.8) is 0 Å². The van der Waals surface area contributed by atoms with Crippen LogP contribution in [0.1, 0.15) is 48.1 Å². The van der Waals surface area contributed by atoms with Crippen LogP contribution >= 0.6 is 0 Å². The third-order valence-corrected chi connectivity index (χ3v) is 3.55. The summed E-state index contributed by atoms with van der Waals surface area (Å²) in [5.41, 5.74) is 4.00. The summed E-state index contributed by atoms with van der Waals surface area (Å²) in [6, 6.07) is 11.0. The molecule has 1 atom stereocenters. The molecule has 2 heteroatoms. The summed E-state index contributed by atoms with van der Waals surface area (Å²) in [7, 11) is 0. The second kappa shape index (κ2) is 6.07. The maximum Gasteiger partial charge on any atom is 0.117 e. The van der Waals surface area contributed by atoms with Gasteiger partial charge in [0.1, 0.15) is 11.5 Å². The minimum Gasteiger partial charge on any atom is -0.465 e. The first-order valence-corrected chi connectivity index (χ1v) is 6.98. The van der Waals surface area contributed by atoms with E-state index < -0.39 is 0 Å². The first kappa shape index (κ1) is 13.9. The van der Waals surface area contributed by atoms with Gasteiger partial charge in [0.05, 0.1) is 6.54 Å². The van der Waals surface area contributed by atoms with Gasteiger partial charge < -0.3 is 9.73 Å². The highest BCUT2D eigenvalue weighted by molar-refractivity contribution is 5.32. The van der Waals surface area contributed by atoms with Crippen molar-refractivity contribution in [2.75, 3.05) is 0 Å². The molecule has 1 aromatic carbocycles. The lowest BCUT2D eigenvalue weighted by Gasteiger charge is -2.16. The molecule has 0 aliphatic rings. The van der Waals surface area contributed by atoms with Crippen molar-refractivity contribution in [3.8, 4) is 0 Å². The molecule has 0 aliphatic heterocycles. The minimum atomic E-state index is 0.329. The third kappa shape index (κ3) is 3.48. The van der Waals surface area contributed by atoms with Crippen molar-refractivity contribution >= 4 is 0 Å². The molecule has 102 valence electrons. The fourth-order valence-electron chi connectivity index (χ4n) is 2.30. The Morgan fingerprint density at radius 3 is 2.53 bits per heavy atom. The Kier molecular flexibility index (Phi) is 4.43. The molecule has 0 bridgehead atoms. The molecule has 1 heterocycles. The van der Waals surface area contributed by atoms with E-state index in [0.717, 1.165) is 24.5 Å². The summed E-state index contributed by atoms with van der Waals surface area (Å²) in [5.74, 6) is 2.06. The second-order valence-electron chi connectivity index (χ2n) is 5.18. The molecule has 2 rings (SSSR count). The van der Waals surface area contributed by atoms with E-state index in [-0.39, 0.29) is 0 Å². The van der Waals surface area contributed by atoms with E-state index in [9.17, 15) is 0 Å². The molecular weight excluding hydrogens is 234 g/mol. The Hall–Kier alpha value is -1.54. The maximum absolute atomic E-state index is 5.71. The van der Waals surface area contributed by atoms with Crippen molar-refractivity contribution in [1.82, 2.24) is 5.32 Å². The first-order chi connectivity index (χ1) is 9.10. The summed E-state index contributed by atoms with van der Waals surface area (Å²) < 4.78 is 5.71. The van der Waals surface area contributed by atoms with Crippen LogP contribution in [-0.4, -0.2) is 0 Å². The molecule has 0 aliphatic carbocycles. The van der Waals surface area contributed by atoms with E-state index in [1.165, 1.54) is 16.7 Å². The van der Waals surface area contributed by atoms with E-state index in [2.05, 4.69) is 63.3 Å². The summed E-state index contributed by atoms with van der Waals surface area (Å²) >= 11 is 0. The Morgan fingerprint density at radius 2 is 1.84 bits per heavy atom. The molecule has 2 nitrogen and oxygen atoms in total. The molecule has 19 heavy (non-hydrogen) atoms. The van der Waals surface area contributed by atoms with Gasteiger partial charge in [-0.1, -0.05) is 30.7 Å². The van der Waals surface area contributed by atoms with Gasteiger partial charge in [0.2, 0.25) is 0 Å². The Balaban J connectivity index is 2.00. The number of aryl methyl sites for hydroxylation is 3. The van der Waals surface area contributed by atoms with Crippen LogP contribution in [0.25, 0.3) is 0 Å². The molecular formula is C17H23NO. The van der Waals surface area contributed by atoms with E-state index in [4.69, 9.17) is 4.42 Å². The second-order valence-corrected chi connectivity index (χ2v) is 5.18. The quantitative estimate of drug-likeness (QED) is 0.863. The molecule has 0 saturated heterocycles. The van der Waals surface area contributed by atoms with Crippen LogP contribution in [0, 0.1) is 13.8 Å². The zero-order valence-electron chi connectivity index (χ0n) is 12.3. The molecule has 0 amide bonds. The number of furan rings is 1. The average Bonchev–Trinajstić information content (AvgIpc) is 2.87. The predicted molar refractivity (Wildman–Crippen MR) is 79.3 cm³/mol. The number of benzene rings is 1. The molecule has 1 aromatic heterocycles. The molecule has 1 unspecified atom stereocenters. The molecule has 0 saturated carbocycles. The summed E-state index contributed by atoms with van der Waals surface area (Å²) in [4.78, 5) is 0. The normalized spacial score (nSPS) is 12.6. The highest BCUT2D eigenvalue weighted by Crippen LogP contribution is 2.19. The van der Waals surface area contributed by atoms with E-state index >= 15 is 0 Å². The maximum atomic E-state index is 5.71. The smallest absolute Gasteiger partial charge is 0.117 e. The zero-order chi connectivity index (χ0) is 13.8. The van der Waals surface area contributed by atoms with Crippen molar-refractivity contribution in [2.45, 2.75) is 46.7 Å². The van der Waals surface area contributed by atoms with Crippen LogP contribution < -0.4 is 5.32 Å². The van der Waals surface area contributed by atoms with Crippen molar-refractivity contribution in [2.24, 2.45) is 0 Å². The Labute approximate surface area is 115 Å². The monoisotopic (exact) mass is 257 g/mol. The summed E-state index contributed by atoms with van der Waals surface area (Å²) in [6.07, 6.45) is 0.951. The molecule has 2 aromatic rings. The van der Waals surface area contributed by atoms with Crippen LogP contribution in [-0.2, 0) is 13.0 Å². The average molecular weight is 257 g/mol. The summed E-state index contributed by atoms with van der Waals surface area (Å²) in [6.45, 7) is 9.37. The van der Waals surface area contributed by atoms with Crippen LogP contribution in [0.15, 0.2) is 34.7 Å². The Bertz CT molecular complexity index is 542. The first-order valence-electron chi connectivity index (χ1n) is 6.98. The van der Waals surface area contributed by atoms with Gasteiger partial charge in [0.15, 0.2) is 0 Å². The third-order valence-electron chi connectivity index (χ3n) is 3.55. The number of hydrogen-bond acceptors (Lipinski definition) is 2. The van der Waals surface area contributed by atoms with Crippen molar-refractivity contribution in [3.05, 3.63) is 58.5 Å². The fraction of sp³-hybridized carbons (Fsp3) is 0.412. The van der Waals surface area contributed by atoms with Gasteiger partial charge in [-0.05, 0) is 44.0 Å². The molecule has 1 N–H and O–H groups in total. The van der Waals surface area contributed by atoms with Crippen LogP contribution in [0.4, 0.5) is 0 Å². The van der Waals surface area contributed by atoms with E-state index in [1.807, 2.05) is 0 Å². The standard InChI is InChI=1S/C17H23NO/c1-5-15-8-9-16(19-15)11-18-14(4)17-10-12(2)6-7-13(17)3/h6-10,14,18H,5,11H2,1-4H3. The van der Waals surface area contributed by atoms with Crippen LogP contribution in [0.5, 0.6) is 0 Å². The highest BCUT2D eigenvalue weighted by Gasteiger charge is 2.09. The predicted octanol–water partition coefficient (Wildman–Crippen LogP) is 4.31. The van der Waals surface area contributed by atoms with Crippen molar-refractivity contribution < 1.29 is 4.42 Å². The highest BCUT2D eigenvalue weighted by atomic mass is 16.3. The topological polar surface area (TPSA) is 25.2 Å². The molecule has 0 spiro atoms. The van der Waals surface area contributed by atoms with Gasteiger partial charge in [0, 0.05) is 12.5 Å². The van der Waals surface area contributed by atoms with Crippen LogP contribution in [0.2, 0.25) is 0 Å². The number of hydrogen-bond donors (Lipinski definition) is 1. The fourth-order valence-corrected chi connectivity index (χ4v) is 2.30.